The van der Waals surface area contributed by atoms with Crippen molar-refractivity contribution in [2.45, 2.75) is 19.2 Å². The lowest BCUT2D eigenvalue weighted by Gasteiger charge is -2.13. The van der Waals surface area contributed by atoms with Crippen molar-refractivity contribution in [1.82, 2.24) is 0 Å². The van der Waals surface area contributed by atoms with Gasteiger partial charge in [0.15, 0.2) is 0 Å². The van der Waals surface area contributed by atoms with Crippen LogP contribution < -0.4 is 0 Å². The summed E-state index contributed by atoms with van der Waals surface area (Å²) in [5.74, 6) is -0.156. The number of aryl methyl sites for hydroxylation is 2. The standard InChI is InChI=1S/C15H13BrClF/c1-9-6-12(7-10(2)15(9)18)14(17)11-4-3-5-13(16)8-11/h3-8,14H,1-2H3. The van der Waals surface area contributed by atoms with Crippen LogP contribution in [0.3, 0.4) is 0 Å². The molecule has 0 amide bonds. The van der Waals surface area contributed by atoms with Crippen molar-refractivity contribution in [3.8, 4) is 0 Å². The van der Waals surface area contributed by atoms with Gasteiger partial charge in [-0.05, 0) is 48.2 Å². The van der Waals surface area contributed by atoms with Crippen molar-refractivity contribution in [1.29, 1.82) is 0 Å². The molecule has 0 bridgehead atoms. The molecule has 0 aliphatic heterocycles. The van der Waals surface area contributed by atoms with Gasteiger partial charge in [-0.3, -0.25) is 0 Å². The molecule has 1 unspecified atom stereocenters. The Bertz CT molecular complexity index is 557. The highest BCUT2D eigenvalue weighted by molar-refractivity contribution is 9.10. The van der Waals surface area contributed by atoms with E-state index in [-0.39, 0.29) is 11.2 Å². The van der Waals surface area contributed by atoms with Crippen molar-refractivity contribution < 1.29 is 4.39 Å². The summed E-state index contributed by atoms with van der Waals surface area (Å²) in [6.45, 7) is 3.52. The van der Waals surface area contributed by atoms with Crippen LogP contribution in [0.1, 0.15) is 27.6 Å². The third kappa shape index (κ3) is 2.76. The molecule has 0 saturated heterocycles. The van der Waals surface area contributed by atoms with Crippen LogP contribution in [-0.4, -0.2) is 0 Å². The van der Waals surface area contributed by atoms with E-state index in [1.807, 2.05) is 24.3 Å². The lowest BCUT2D eigenvalue weighted by atomic mass is 10.00. The van der Waals surface area contributed by atoms with Crippen molar-refractivity contribution in [2.24, 2.45) is 0 Å². The molecule has 2 aromatic carbocycles. The molecule has 0 nitrogen and oxygen atoms in total. The monoisotopic (exact) mass is 326 g/mol. The fourth-order valence-corrected chi connectivity index (χ4v) is 2.66. The Kier molecular flexibility index (Phi) is 4.08. The molecule has 0 aromatic heterocycles. The SMILES string of the molecule is Cc1cc(C(Cl)c2cccc(Br)c2)cc(C)c1F. The van der Waals surface area contributed by atoms with E-state index in [1.54, 1.807) is 26.0 Å². The lowest BCUT2D eigenvalue weighted by molar-refractivity contribution is 0.608. The minimum atomic E-state index is -0.263. The second-order valence-corrected chi connectivity index (χ2v) is 5.74. The highest BCUT2D eigenvalue weighted by Gasteiger charge is 2.14. The van der Waals surface area contributed by atoms with Gasteiger partial charge in [-0.2, -0.15) is 0 Å². The Labute approximate surface area is 120 Å². The number of hydrogen-bond donors (Lipinski definition) is 0. The zero-order valence-electron chi connectivity index (χ0n) is 10.2. The van der Waals surface area contributed by atoms with Gasteiger partial charge in [-0.15, -0.1) is 11.6 Å². The molecule has 1 atom stereocenters. The number of benzene rings is 2. The zero-order chi connectivity index (χ0) is 13.3. The van der Waals surface area contributed by atoms with Crippen LogP contribution >= 0.6 is 27.5 Å². The van der Waals surface area contributed by atoms with E-state index in [9.17, 15) is 4.39 Å². The van der Waals surface area contributed by atoms with Crippen LogP contribution in [0.4, 0.5) is 4.39 Å². The Balaban J connectivity index is 2.43. The largest absolute Gasteiger partial charge is 0.206 e. The van der Waals surface area contributed by atoms with Gasteiger partial charge in [0, 0.05) is 4.47 Å². The number of hydrogen-bond acceptors (Lipinski definition) is 0. The Hall–Kier alpha value is -0.860. The first-order valence-electron chi connectivity index (χ1n) is 5.65. The van der Waals surface area contributed by atoms with Crippen LogP contribution in [0.2, 0.25) is 0 Å². The second-order valence-electron chi connectivity index (χ2n) is 4.39. The smallest absolute Gasteiger partial charge is 0.129 e. The molecule has 0 N–H and O–H groups in total. The maximum atomic E-state index is 13.6. The maximum absolute atomic E-state index is 13.6. The number of halogens is 3. The predicted octanol–water partition coefficient (Wildman–Crippen LogP) is 5.53. The molecule has 0 heterocycles. The molecule has 0 spiro atoms. The van der Waals surface area contributed by atoms with Crippen LogP contribution in [0.5, 0.6) is 0 Å². The summed E-state index contributed by atoms with van der Waals surface area (Å²) < 4.78 is 14.6. The fourth-order valence-electron chi connectivity index (χ4n) is 1.98. The molecule has 2 rings (SSSR count). The summed E-state index contributed by atoms with van der Waals surface area (Å²) in [7, 11) is 0. The maximum Gasteiger partial charge on any atom is 0.129 e. The van der Waals surface area contributed by atoms with Gasteiger partial charge in [-0.25, -0.2) is 4.39 Å². The van der Waals surface area contributed by atoms with Crippen molar-refractivity contribution >= 4 is 27.5 Å². The van der Waals surface area contributed by atoms with Crippen molar-refractivity contribution in [3.05, 3.63) is 68.9 Å². The third-order valence-electron chi connectivity index (χ3n) is 2.89. The summed E-state index contributed by atoms with van der Waals surface area (Å²) in [5.41, 5.74) is 3.18. The average molecular weight is 328 g/mol. The molecule has 2 aromatic rings. The summed E-state index contributed by atoms with van der Waals surface area (Å²) in [6.07, 6.45) is 0. The normalized spacial score (nSPS) is 12.5. The van der Waals surface area contributed by atoms with Gasteiger partial charge in [0.05, 0.1) is 5.38 Å². The Morgan fingerprint density at radius 3 is 2.22 bits per heavy atom. The molecule has 18 heavy (non-hydrogen) atoms. The topological polar surface area (TPSA) is 0 Å². The average Bonchev–Trinajstić information content (AvgIpc) is 2.34. The molecule has 0 aliphatic carbocycles. The predicted molar refractivity (Wildman–Crippen MR) is 77.7 cm³/mol. The molecule has 94 valence electrons. The minimum Gasteiger partial charge on any atom is -0.206 e. The molecular weight excluding hydrogens is 315 g/mol. The van der Waals surface area contributed by atoms with Crippen LogP contribution in [0, 0.1) is 19.7 Å². The molecule has 0 saturated carbocycles. The van der Waals surface area contributed by atoms with E-state index in [0.29, 0.717) is 11.1 Å². The number of alkyl halides is 1. The van der Waals surface area contributed by atoms with E-state index in [2.05, 4.69) is 15.9 Å². The van der Waals surface area contributed by atoms with E-state index in [0.717, 1.165) is 15.6 Å². The van der Waals surface area contributed by atoms with Crippen LogP contribution in [0.25, 0.3) is 0 Å². The van der Waals surface area contributed by atoms with Crippen molar-refractivity contribution in [2.75, 3.05) is 0 Å². The lowest BCUT2D eigenvalue weighted by Crippen LogP contribution is -1.97. The summed E-state index contributed by atoms with van der Waals surface area (Å²) >= 11 is 9.88. The van der Waals surface area contributed by atoms with Crippen LogP contribution in [-0.2, 0) is 0 Å². The summed E-state index contributed by atoms with van der Waals surface area (Å²) in [4.78, 5) is 0. The molecular formula is C15H13BrClF. The van der Waals surface area contributed by atoms with Crippen LogP contribution in [0.15, 0.2) is 40.9 Å². The quantitative estimate of drug-likeness (QED) is 0.636. The van der Waals surface area contributed by atoms with Gasteiger partial charge in [0.25, 0.3) is 0 Å². The Morgan fingerprint density at radius 1 is 1.06 bits per heavy atom. The van der Waals surface area contributed by atoms with Gasteiger partial charge < -0.3 is 0 Å². The first-order chi connectivity index (χ1) is 8.49. The minimum absolute atomic E-state index is 0.156. The molecule has 0 aliphatic rings. The highest BCUT2D eigenvalue weighted by atomic mass is 79.9. The molecule has 0 fully saturated rings. The van der Waals surface area contributed by atoms with Crippen molar-refractivity contribution in [3.63, 3.8) is 0 Å². The first kappa shape index (κ1) is 13.6. The highest BCUT2D eigenvalue weighted by Crippen LogP contribution is 2.32. The summed E-state index contributed by atoms with van der Waals surface area (Å²) in [5, 5.41) is -0.263. The zero-order valence-corrected chi connectivity index (χ0v) is 12.5. The second kappa shape index (κ2) is 5.41. The third-order valence-corrected chi connectivity index (χ3v) is 3.89. The molecule has 0 radical (unpaired) electrons. The van der Waals surface area contributed by atoms with E-state index >= 15 is 0 Å². The Morgan fingerprint density at radius 2 is 1.67 bits per heavy atom. The van der Waals surface area contributed by atoms with Gasteiger partial charge in [-0.1, -0.05) is 40.2 Å². The van der Waals surface area contributed by atoms with Gasteiger partial charge in [0.2, 0.25) is 0 Å². The van der Waals surface area contributed by atoms with E-state index < -0.39 is 0 Å². The van der Waals surface area contributed by atoms with E-state index in [1.165, 1.54) is 0 Å². The van der Waals surface area contributed by atoms with Gasteiger partial charge in [0.1, 0.15) is 5.82 Å². The summed E-state index contributed by atoms with van der Waals surface area (Å²) in [6, 6.07) is 11.5. The fraction of sp³-hybridized carbons (Fsp3) is 0.200. The molecule has 3 heteroatoms. The number of rotatable bonds is 2. The van der Waals surface area contributed by atoms with Gasteiger partial charge >= 0.3 is 0 Å². The van der Waals surface area contributed by atoms with E-state index in [4.69, 9.17) is 11.6 Å². The first-order valence-corrected chi connectivity index (χ1v) is 6.88.